The molecule has 6 heteroatoms. The predicted octanol–water partition coefficient (Wildman–Crippen LogP) is 1.97. The SMILES string of the molecule is O=c1[nH]nc2ccc(-c3ccc(F)c(F)c3)cn12. The maximum atomic E-state index is 13.1. The molecular formula is C12H7F2N3O. The zero-order valence-electron chi connectivity index (χ0n) is 9.02. The third-order valence-electron chi connectivity index (χ3n) is 2.66. The summed E-state index contributed by atoms with van der Waals surface area (Å²) >= 11 is 0. The Morgan fingerprint density at radius 3 is 2.61 bits per heavy atom. The summed E-state index contributed by atoms with van der Waals surface area (Å²) in [5.41, 5.74) is 1.18. The fourth-order valence-electron chi connectivity index (χ4n) is 1.75. The first-order valence-electron chi connectivity index (χ1n) is 5.17. The first-order chi connectivity index (χ1) is 8.65. The van der Waals surface area contributed by atoms with Crippen LogP contribution in [0.3, 0.4) is 0 Å². The van der Waals surface area contributed by atoms with Crippen LogP contribution in [0, 0.1) is 11.6 Å². The van der Waals surface area contributed by atoms with Crippen LogP contribution in [0.4, 0.5) is 8.78 Å². The zero-order chi connectivity index (χ0) is 12.7. The van der Waals surface area contributed by atoms with Gasteiger partial charge in [0.15, 0.2) is 17.3 Å². The van der Waals surface area contributed by atoms with Crippen LogP contribution < -0.4 is 5.69 Å². The summed E-state index contributed by atoms with van der Waals surface area (Å²) in [4.78, 5) is 11.4. The molecule has 2 heterocycles. The number of nitrogens with one attached hydrogen (secondary N) is 1. The van der Waals surface area contributed by atoms with Crippen molar-refractivity contribution in [2.24, 2.45) is 0 Å². The lowest BCUT2D eigenvalue weighted by Crippen LogP contribution is -2.08. The van der Waals surface area contributed by atoms with Crippen LogP contribution in [0.25, 0.3) is 16.8 Å². The zero-order valence-corrected chi connectivity index (χ0v) is 9.02. The third-order valence-corrected chi connectivity index (χ3v) is 2.66. The number of hydrogen-bond acceptors (Lipinski definition) is 2. The number of H-pyrrole nitrogens is 1. The fraction of sp³-hybridized carbons (Fsp3) is 0. The summed E-state index contributed by atoms with van der Waals surface area (Å²) in [5.74, 6) is -1.83. The molecule has 18 heavy (non-hydrogen) atoms. The number of hydrogen-bond donors (Lipinski definition) is 1. The van der Waals surface area contributed by atoms with Crippen LogP contribution >= 0.6 is 0 Å². The van der Waals surface area contributed by atoms with Crippen molar-refractivity contribution >= 4 is 5.65 Å². The first kappa shape index (κ1) is 10.6. The summed E-state index contributed by atoms with van der Waals surface area (Å²) in [7, 11) is 0. The topological polar surface area (TPSA) is 50.2 Å². The van der Waals surface area contributed by atoms with Crippen molar-refractivity contribution in [2.45, 2.75) is 0 Å². The van der Waals surface area contributed by atoms with Crippen LogP contribution in [0.2, 0.25) is 0 Å². The van der Waals surface area contributed by atoms with Gasteiger partial charge in [0, 0.05) is 6.20 Å². The summed E-state index contributed by atoms with van der Waals surface area (Å²) in [6.45, 7) is 0. The van der Waals surface area contributed by atoms with Crippen molar-refractivity contribution in [3.05, 3.63) is 58.6 Å². The molecule has 0 aliphatic carbocycles. The molecule has 0 unspecified atom stereocenters. The largest absolute Gasteiger partial charge is 0.347 e. The lowest BCUT2D eigenvalue weighted by molar-refractivity contribution is 0.509. The first-order valence-corrected chi connectivity index (χ1v) is 5.17. The summed E-state index contributed by atoms with van der Waals surface area (Å²) in [6.07, 6.45) is 1.52. The van der Waals surface area contributed by atoms with Crippen LogP contribution in [-0.2, 0) is 0 Å². The average molecular weight is 247 g/mol. The highest BCUT2D eigenvalue weighted by Gasteiger charge is 2.06. The highest BCUT2D eigenvalue weighted by molar-refractivity contribution is 5.64. The molecule has 4 nitrogen and oxygen atoms in total. The van der Waals surface area contributed by atoms with Gasteiger partial charge in [-0.3, -0.25) is 0 Å². The molecule has 1 aromatic carbocycles. The van der Waals surface area contributed by atoms with Crippen molar-refractivity contribution in [2.75, 3.05) is 0 Å². The Hall–Kier alpha value is -2.50. The predicted molar refractivity (Wildman–Crippen MR) is 61.2 cm³/mol. The number of halogens is 2. The summed E-state index contributed by atoms with van der Waals surface area (Å²) in [6, 6.07) is 6.89. The van der Waals surface area contributed by atoms with Gasteiger partial charge >= 0.3 is 5.69 Å². The van der Waals surface area contributed by atoms with Crippen molar-refractivity contribution in [1.29, 1.82) is 0 Å². The van der Waals surface area contributed by atoms with Gasteiger partial charge in [0.05, 0.1) is 0 Å². The van der Waals surface area contributed by atoms with Crippen molar-refractivity contribution in [3.63, 3.8) is 0 Å². The summed E-state index contributed by atoms with van der Waals surface area (Å²) in [5, 5.41) is 6.08. The Labute approximate surface area is 99.5 Å². The number of fused-ring (bicyclic) bond motifs is 1. The molecule has 0 aliphatic heterocycles. The van der Waals surface area contributed by atoms with Crippen LogP contribution in [-0.4, -0.2) is 14.6 Å². The second-order valence-corrected chi connectivity index (χ2v) is 3.80. The highest BCUT2D eigenvalue weighted by atomic mass is 19.2. The number of nitrogens with zero attached hydrogens (tertiary/aromatic N) is 2. The van der Waals surface area contributed by atoms with E-state index in [0.29, 0.717) is 16.8 Å². The average Bonchev–Trinajstić information content (AvgIpc) is 2.74. The number of benzene rings is 1. The molecule has 3 rings (SSSR count). The quantitative estimate of drug-likeness (QED) is 0.714. The number of rotatable bonds is 1. The van der Waals surface area contributed by atoms with Gasteiger partial charge in [0.1, 0.15) is 0 Å². The summed E-state index contributed by atoms with van der Waals surface area (Å²) < 4.78 is 27.3. The van der Waals surface area contributed by atoms with E-state index in [1.165, 1.54) is 16.7 Å². The molecule has 0 amide bonds. The Bertz CT molecular complexity index is 791. The number of aromatic amines is 1. The Kier molecular flexibility index (Phi) is 2.22. The van der Waals surface area contributed by atoms with E-state index in [0.717, 1.165) is 12.1 Å². The Morgan fingerprint density at radius 1 is 1.06 bits per heavy atom. The van der Waals surface area contributed by atoms with Gasteiger partial charge < -0.3 is 0 Å². The van der Waals surface area contributed by atoms with Crippen LogP contribution in [0.1, 0.15) is 0 Å². The van der Waals surface area contributed by atoms with Crippen LogP contribution in [0.5, 0.6) is 0 Å². The van der Waals surface area contributed by atoms with Crippen molar-refractivity contribution in [1.82, 2.24) is 14.6 Å². The van der Waals surface area contributed by atoms with Gasteiger partial charge in [-0.15, -0.1) is 0 Å². The number of aromatic nitrogens is 3. The van der Waals surface area contributed by atoms with Crippen molar-refractivity contribution in [3.8, 4) is 11.1 Å². The maximum Gasteiger partial charge on any atom is 0.347 e. The van der Waals surface area contributed by atoms with Crippen LogP contribution in [0.15, 0.2) is 41.3 Å². The molecule has 0 saturated heterocycles. The molecule has 0 spiro atoms. The van der Waals surface area contributed by atoms with Gasteiger partial charge in [0.2, 0.25) is 0 Å². The normalized spacial score (nSPS) is 11.0. The van der Waals surface area contributed by atoms with Gasteiger partial charge in [-0.05, 0) is 35.4 Å². The number of pyridine rings is 1. The van der Waals surface area contributed by atoms with Gasteiger partial charge in [0.25, 0.3) is 0 Å². The van der Waals surface area contributed by atoms with Gasteiger partial charge in [-0.1, -0.05) is 6.07 Å². The minimum Gasteiger partial charge on any atom is -0.250 e. The Balaban J connectivity index is 2.21. The van der Waals surface area contributed by atoms with E-state index < -0.39 is 11.6 Å². The molecule has 2 aromatic heterocycles. The molecule has 90 valence electrons. The lowest BCUT2D eigenvalue weighted by Gasteiger charge is -2.02. The second kappa shape index (κ2) is 3.76. The molecule has 0 bridgehead atoms. The van der Waals surface area contributed by atoms with E-state index in [9.17, 15) is 13.6 Å². The van der Waals surface area contributed by atoms with Crippen molar-refractivity contribution < 1.29 is 8.78 Å². The van der Waals surface area contributed by atoms with E-state index in [1.807, 2.05) is 0 Å². The highest BCUT2D eigenvalue weighted by Crippen LogP contribution is 2.21. The van der Waals surface area contributed by atoms with E-state index in [2.05, 4.69) is 10.2 Å². The smallest absolute Gasteiger partial charge is 0.250 e. The molecular weight excluding hydrogens is 240 g/mol. The second-order valence-electron chi connectivity index (χ2n) is 3.80. The fourth-order valence-corrected chi connectivity index (χ4v) is 1.75. The molecule has 0 radical (unpaired) electrons. The monoisotopic (exact) mass is 247 g/mol. The minimum absolute atomic E-state index is 0.380. The third kappa shape index (κ3) is 1.58. The maximum absolute atomic E-state index is 13.1. The van der Waals surface area contributed by atoms with E-state index in [4.69, 9.17) is 0 Å². The molecule has 0 fully saturated rings. The van der Waals surface area contributed by atoms with E-state index in [-0.39, 0.29) is 5.69 Å². The van der Waals surface area contributed by atoms with E-state index >= 15 is 0 Å². The lowest BCUT2D eigenvalue weighted by atomic mass is 10.1. The van der Waals surface area contributed by atoms with Gasteiger partial charge in [-0.25, -0.2) is 23.1 Å². The van der Waals surface area contributed by atoms with E-state index in [1.54, 1.807) is 12.1 Å². The van der Waals surface area contributed by atoms with Gasteiger partial charge in [-0.2, -0.15) is 5.10 Å². The molecule has 0 aliphatic rings. The molecule has 1 N–H and O–H groups in total. The molecule has 3 aromatic rings. The molecule has 0 saturated carbocycles. The minimum atomic E-state index is -0.924. The Morgan fingerprint density at radius 2 is 1.83 bits per heavy atom. The molecule has 0 atom stereocenters. The standard InChI is InChI=1S/C12H7F2N3O/c13-9-3-1-7(5-10(9)14)8-2-4-11-15-16-12(18)17(11)6-8/h1-6H,(H,16,18).